The number of hydrogen-bond acceptors (Lipinski definition) is 10. The third-order valence-electron chi connectivity index (χ3n) is 5.58. The van der Waals surface area contributed by atoms with E-state index < -0.39 is 30.0 Å². The first-order chi connectivity index (χ1) is 13.4. The van der Waals surface area contributed by atoms with Gasteiger partial charge in [-0.3, -0.25) is 9.80 Å². The van der Waals surface area contributed by atoms with E-state index in [-0.39, 0.29) is 24.3 Å². The quantitative estimate of drug-likeness (QED) is 0.518. The second-order valence-corrected chi connectivity index (χ2v) is 7.07. The van der Waals surface area contributed by atoms with E-state index in [0.717, 1.165) is 0 Å². The molecular formula is C18H25N5O5. The number of carbonyl (C=O) groups excluding carboxylic acids is 1. The van der Waals surface area contributed by atoms with E-state index in [9.17, 15) is 20.3 Å². The van der Waals surface area contributed by atoms with Gasteiger partial charge in [0, 0.05) is 0 Å². The van der Waals surface area contributed by atoms with Crippen LogP contribution in [0.5, 0.6) is 0 Å². The summed E-state index contributed by atoms with van der Waals surface area (Å²) in [4.78, 5) is 16.0. The Kier molecular flexibility index (Phi) is 5.69. The smallest absolute Gasteiger partial charge is 0.309 e. The molecule has 0 aromatic carbocycles. The summed E-state index contributed by atoms with van der Waals surface area (Å²) in [6.45, 7) is 3.52. The van der Waals surface area contributed by atoms with E-state index in [1.165, 1.54) is 11.3 Å². The minimum absolute atomic E-state index is 0.240. The number of hydrogen-bond donors (Lipinski definition) is 3. The number of nitrogens with zero attached hydrogens (tertiary/aromatic N) is 4. The van der Waals surface area contributed by atoms with E-state index in [0.29, 0.717) is 25.0 Å². The molecule has 0 amide bonds. The SMILES string of the molecule is CCC(CC)C(=O)OC[C@H]1O[C@@](C#N)(C2CC=C3C(N)=NC=NN32)[C@H](O)[C@@H]1O. The van der Waals surface area contributed by atoms with Crippen molar-refractivity contribution in [2.75, 3.05) is 6.61 Å². The van der Waals surface area contributed by atoms with Crippen molar-refractivity contribution in [3.8, 4) is 6.07 Å². The molecule has 1 saturated heterocycles. The van der Waals surface area contributed by atoms with Gasteiger partial charge in [-0.1, -0.05) is 19.9 Å². The largest absolute Gasteiger partial charge is 0.463 e. The Morgan fingerprint density at radius 2 is 2.25 bits per heavy atom. The first-order valence-corrected chi connectivity index (χ1v) is 9.36. The Balaban J connectivity index is 1.75. The minimum atomic E-state index is -1.77. The number of esters is 1. The fourth-order valence-electron chi connectivity index (χ4n) is 3.84. The average Bonchev–Trinajstić information content (AvgIpc) is 3.23. The molecule has 0 saturated carbocycles. The number of aliphatic hydroxyl groups excluding tert-OH is 2. The topological polar surface area (TPSA) is 154 Å². The number of carbonyl (C=O) groups is 1. The zero-order chi connectivity index (χ0) is 20.5. The molecule has 3 rings (SSSR count). The van der Waals surface area contributed by atoms with Crippen LogP contribution >= 0.6 is 0 Å². The van der Waals surface area contributed by atoms with Crippen LogP contribution in [0.4, 0.5) is 0 Å². The maximum absolute atomic E-state index is 12.1. The summed E-state index contributed by atoms with van der Waals surface area (Å²) >= 11 is 0. The monoisotopic (exact) mass is 391 g/mol. The van der Waals surface area contributed by atoms with Crippen LogP contribution in [0.15, 0.2) is 21.9 Å². The fourth-order valence-corrected chi connectivity index (χ4v) is 3.84. The van der Waals surface area contributed by atoms with Crippen molar-refractivity contribution in [2.45, 2.75) is 63.1 Å². The van der Waals surface area contributed by atoms with Crippen LogP contribution < -0.4 is 5.73 Å². The molecule has 3 heterocycles. The van der Waals surface area contributed by atoms with Crippen molar-refractivity contribution in [3.05, 3.63) is 11.8 Å². The normalized spacial score (nSPS) is 34.1. The minimum Gasteiger partial charge on any atom is -0.463 e. The molecule has 4 N–H and O–H groups in total. The van der Waals surface area contributed by atoms with Gasteiger partial charge >= 0.3 is 5.97 Å². The number of amidine groups is 1. The predicted octanol–water partition coefficient (Wildman–Crippen LogP) is -0.379. The van der Waals surface area contributed by atoms with Gasteiger partial charge in [0.15, 0.2) is 5.84 Å². The number of aliphatic imine (C=N–C) groups is 1. The third-order valence-corrected chi connectivity index (χ3v) is 5.58. The van der Waals surface area contributed by atoms with Crippen LogP contribution in [-0.2, 0) is 14.3 Å². The highest BCUT2D eigenvalue weighted by Gasteiger charge is 2.62. The zero-order valence-corrected chi connectivity index (χ0v) is 15.9. The van der Waals surface area contributed by atoms with Crippen molar-refractivity contribution in [3.63, 3.8) is 0 Å². The Morgan fingerprint density at radius 1 is 1.54 bits per heavy atom. The summed E-state index contributed by atoms with van der Waals surface area (Å²) in [6, 6.07) is 1.30. The van der Waals surface area contributed by atoms with Crippen molar-refractivity contribution in [1.82, 2.24) is 5.01 Å². The predicted molar refractivity (Wildman–Crippen MR) is 98.7 cm³/mol. The number of aliphatic hydroxyl groups is 2. The summed E-state index contributed by atoms with van der Waals surface area (Å²) in [5, 5.41) is 36.6. The molecule has 0 bridgehead atoms. The van der Waals surface area contributed by atoms with Crippen molar-refractivity contribution >= 4 is 18.1 Å². The maximum atomic E-state index is 12.1. The molecule has 1 unspecified atom stereocenters. The van der Waals surface area contributed by atoms with Gasteiger partial charge in [0.1, 0.15) is 43.4 Å². The summed E-state index contributed by atoms with van der Waals surface area (Å²) in [5.74, 6) is -0.385. The lowest BCUT2D eigenvalue weighted by Crippen LogP contribution is -2.56. The first-order valence-electron chi connectivity index (χ1n) is 9.36. The van der Waals surface area contributed by atoms with Gasteiger partial charge < -0.3 is 25.4 Å². The third kappa shape index (κ3) is 3.15. The highest BCUT2D eigenvalue weighted by Crippen LogP contribution is 2.41. The summed E-state index contributed by atoms with van der Waals surface area (Å²) in [5.41, 5.74) is 4.60. The van der Waals surface area contributed by atoms with Gasteiger partial charge in [-0.2, -0.15) is 10.4 Å². The van der Waals surface area contributed by atoms with Gasteiger partial charge in [0.05, 0.1) is 11.6 Å². The van der Waals surface area contributed by atoms with Gasteiger partial charge in [0.2, 0.25) is 5.60 Å². The first kappa shape index (κ1) is 20.3. The maximum Gasteiger partial charge on any atom is 0.309 e. The molecule has 0 aromatic rings. The summed E-state index contributed by atoms with van der Waals surface area (Å²) in [7, 11) is 0. The molecule has 0 spiro atoms. The van der Waals surface area contributed by atoms with Crippen molar-refractivity contribution in [2.24, 2.45) is 21.7 Å². The zero-order valence-electron chi connectivity index (χ0n) is 15.9. The van der Waals surface area contributed by atoms with E-state index in [1.807, 2.05) is 19.9 Å². The van der Waals surface area contributed by atoms with Crippen LogP contribution in [-0.4, -0.2) is 69.9 Å². The number of fused-ring (bicyclic) bond motifs is 1. The van der Waals surface area contributed by atoms with E-state index in [2.05, 4.69) is 10.1 Å². The highest BCUT2D eigenvalue weighted by atomic mass is 16.6. The van der Waals surface area contributed by atoms with Crippen LogP contribution in [0.1, 0.15) is 33.1 Å². The summed E-state index contributed by atoms with van der Waals surface area (Å²) < 4.78 is 11.1. The molecule has 10 nitrogen and oxygen atoms in total. The number of nitriles is 1. The molecular weight excluding hydrogens is 366 g/mol. The lowest BCUT2D eigenvalue weighted by atomic mass is 9.87. The lowest BCUT2D eigenvalue weighted by Gasteiger charge is -2.36. The van der Waals surface area contributed by atoms with Gasteiger partial charge in [-0.25, -0.2) is 4.99 Å². The Labute approximate surface area is 162 Å². The Morgan fingerprint density at radius 3 is 2.89 bits per heavy atom. The molecule has 0 aliphatic carbocycles. The number of rotatable bonds is 6. The number of ether oxygens (including phenoxy) is 2. The molecule has 0 radical (unpaired) electrons. The molecule has 28 heavy (non-hydrogen) atoms. The van der Waals surface area contributed by atoms with Crippen LogP contribution in [0, 0.1) is 17.2 Å². The molecule has 5 atom stereocenters. The van der Waals surface area contributed by atoms with Gasteiger partial charge in [0.25, 0.3) is 0 Å². The standard InChI is InChI=1S/C18H25N5O5/c1-3-10(4-2)17(26)27-7-12-14(24)15(25)18(8-19,28-12)13-6-5-11-16(20)21-9-22-23(11)13/h5,9-10,12-15,24-25H,3-4,6-7H2,1-2H3,(H2,20,21,22)/t12-,13?,14-,15-,18+/m1/s1. The van der Waals surface area contributed by atoms with E-state index in [4.69, 9.17) is 15.2 Å². The molecule has 1 fully saturated rings. The molecule has 0 aromatic heterocycles. The molecule has 3 aliphatic heterocycles. The molecule has 152 valence electrons. The second kappa shape index (κ2) is 7.87. The molecule has 10 heteroatoms. The number of nitrogens with two attached hydrogens (primary N) is 1. The Bertz CT molecular complexity index is 756. The fraction of sp³-hybridized carbons (Fsp3) is 0.667. The van der Waals surface area contributed by atoms with E-state index >= 15 is 0 Å². The van der Waals surface area contributed by atoms with E-state index in [1.54, 1.807) is 6.08 Å². The van der Waals surface area contributed by atoms with Gasteiger partial charge in [-0.15, -0.1) is 0 Å². The van der Waals surface area contributed by atoms with Crippen LogP contribution in [0.2, 0.25) is 0 Å². The second-order valence-electron chi connectivity index (χ2n) is 7.07. The lowest BCUT2D eigenvalue weighted by molar-refractivity contribution is -0.156. The average molecular weight is 391 g/mol. The van der Waals surface area contributed by atoms with Crippen molar-refractivity contribution < 1.29 is 24.5 Å². The van der Waals surface area contributed by atoms with Gasteiger partial charge in [-0.05, 0) is 19.3 Å². The highest BCUT2D eigenvalue weighted by molar-refractivity contribution is 6.02. The van der Waals surface area contributed by atoms with Crippen LogP contribution in [0.25, 0.3) is 0 Å². The molecule has 3 aliphatic rings. The number of hydrazone groups is 1. The van der Waals surface area contributed by atoms with Crippen molar-refractivity contribution in [1.29, 1.82) is 5.26 Å². The van der Waals surface area contributed by atoms with Crippen LogP contribution in [0.3, 0.4) is 0 Å². The Hall–Kier alpha value is -2.48. The summed E-state index contributed by atoms with van der Waals surface area (Å²) in [6.07, 6.45) is 0.670.